The van der Waals surface area contributed by atoms with Crippen molar-refractivity contribution in [1.29, 1.82) is 0 Å². The monoisotopic (exact) mass is 404 g/mol. The molecule has 1 fully saturated rings. The van der Waals surface area contributed by atoms with Crippen molar-refractivity contribution in [3.63, 3.8) is 0 Å². The van der Waals surface area contributed by atoms with Crippen LogP contribution < -0.4 is 10.2 Å². The van der Waals surface area contributed by atoms with Crippen molar-refractivity contribution in [3.8, 4) is 22.5 Å². The third kappa shape index (κ3) is 3.10. The van der Waals surface area contributed by atoms with E-state index in [1.807, 2.05) is 43.5 Å². The second kappa shape index (κ2) is 6.98. The highest BCUT2D eigenvalue weighted by Gasteiger charge is 2.47. The van der Waals surface area contributed by atoms with Crippen LogP contribution in [0.2, 0.25) is 0 Å². The number of benzene rings is 1. The van der Waals surface area contributed by atoms with Crippen molar-refractivity contribution in [2.45, 2.75) is 32.4 Å². The molecule has 2 amide bonds. The Bertz CT molecular complexity index is 1140. The Morgan fingerprint density at radius 3 is 2.73 bits per heavy atom. The molecule has 3 aromatic rings. The number of hydrogen-bond donors (Lipinski definition) is 1. The first-order valence-electron chi connectivity index (χ1n) is 9.77. The number of amides is 2. The molecule has 0 spiro atoms. The summed E-state index contributed by atoms with van der Waals surface area (Å²) >= 11 is 0. The number of aryl methyl sites for hydroxylation is 1. The minimum Gasteiger partial charge on any atom is -0.442 e. The van der Waals surface area contributed by atoms with Gasteiger partial charge in [-0.15, -0.1) is 0 Å². The Kier molecular flexibility index (Phi) is 4.27. The van der Waals surface area contributed by atoms with Gasteiger partial charge in [0, 0.05) is 24.8 Å². The second-order valence-electron chi connectivity index (χ2n) is 7.60. The lowest BCUT2D eigenvalue weighted by Crippen LogP contribution is -2.40. The Labute approximate surface area is 172 Å². The molecule has 0 saturated carbocycles. The maximum atomic E-state index is 12.4. The first-order chi connectivity index (χ1) is 14.5. The number of anilines is 1. The zero-order valence-corrected chi connectivity index (χ0v) is 16.6. The van der Waals surface area contributed by atoms with Crippen molar-refractivity contribution >= 4 is 17.7 Å². The van der Waals surface area contributed by atoms with E-state index in [1.54, 1.807) is 4.90 Å². The van der Waals surface area contributed by atoms with E-state index < -0.39 is 0 Å². The zero-order valence-electron chi connectivity index (χ0n) is 16.6. The molecule has 2 aromatic heterocycles. The van der Waals surface area contributed by atoms with Gasteiger partial charge in [-0.2, -0.15) is 0 Å². The molecule has 2 aliphatic rings. The lowest BCUT2D eigenvalue weighted by molar-refractivity contribution is -0.119. The number of cyclic esters (lactones) is 1. The van der Waals surface area contributed by atoms with Gasteiger partial charge in [0.1, 0.15) is 17.6 Å². The molecule has 1 N–H and O–H groups in total. The number of fused-ring (bicyclic) bond motifs is 3. The van der Waals surface area contributed by atoms with Gasteiger partial charge in [-0.1, -0.05) is 17.3 Å². The van der Waals surface area contributed by atoms with E-state index >= 15 is 0 Å². The molecular formula is C22H20N4O4. The Hall–Kier alpha value is -3.68. The molecule has 0 bridgehead atoms. The summed E-state index contributed by atoms with van der Waals surface area (Å²) in [5.41, 5.74) is 5.40. The number of carbonyl (C=O) groups is 2. The number of carbonyl (C=O) groups excluding carboxylic acids is 2. The van der Waals surface area contributed by atoms with Gasteiger partial charge in [0.2, 0.25) is 5.91 Å². The van der Waals surface area contributed by atoms with Crippen LogP contribution in [0.15, 0.2) is 47.1 Å². The van der Waals surface area contributed by atoms with Gasteiger partial charge in [0.05, 0.1) is 24.0 Å². The molecule has 8 heteroatoms. The summed E-state index contributed by atoms with van der Waals surface area (Å²) in [5, 5.41) is 6.74. The summed E-state index contributed by atoms with van der Waals surface area (Å²) < 4.78 is 10.6. The SMILES string of the molecule is CC(=O)NC[C@@H]1OC(=O)N2c3ccc(-c4ccc(-c5cc(C)on5)nc4)cc3CC12. The van der Waals surface area contributed by atoms with Crippen LogP contribution >= 0.6 is 0 Å². The van der Waals surface area contributed by atoms with Gasteiger partial charge in [0.25, 0.3) is 0 Å². The fraction of sp³-hybridized carbons (Fsp3) is 0.273. The maximum absolute atomic E-state index is 12.4. The fourth-order valence-corrected chi connectivity index (χ4v) is 4.08. The molecule has 0 aliphatic carbocycles. The number of pyridine rings is 1. The fourth-order valence-electron chi connectivity index (χ4n) is 4.08. The van der Waals surface area contributed by atoms with Crippen molar-refractivity contribution in [2.24, 2.45) is 0 Å². The second-order valence-corrected chi connectivity index (χ2v) is 7.60. The Balaban J connectivity index is 1.39. The molecule has 5 rings (SSSR count). The van der Waals surface area contributed by atoms with E-state index in [1.165, 1.54) is 6.92 Å². The van der Waals surface area contributed by atoms with E-state index in [4.69, 9.17) is 9.26 Å². The van der Waals surface area contributed by atoms with Crippen molar-refractivity contribution in [1.82, 2.24) is 15.5 Å². The molecule has 1 aromatic carbocycles. The van der Waals surface area contributed by atoms with Crippen LogP contribution in [0.25, 0.3) is 22.5 Å². The minimum absolute atomic E-state index is 0.106. The third-order valence-electron chi connectivity index (χ3n) is 5.52. The first kappa shape index (κ1) is 18.4. The highest BCUT2D eigenvalue weighted by molar-refractivity contribution is 5.94. The molecule has 1 saturated heterocycles. The molecular weight excluding hydrogens is 384 g/mol. The smallest absolute Gasteiger partial charge is 0.415 e. The minimum atomic E-state index is -0.365. The molecule has 4 heterocycles. The van der Waals surface area contributed by atoms with Crippen molar-refractivity contribution in [3.05, 3.63) is 53.9 Å². The van der Waals surface area contributed by atoms with Crippen LogP contribution in [-0.2, 0) is 16.0 Å². The van der Waals surface area contributed by atoms with Crippen LogP contribution in [0.3, 0.4) is 0 Å². The maximum Gasteiger partial charge on any atom is 0.415 e. The quantitative estimate of drug-likeness (QED) is 0.718. The number of aromatic nitrogens is 2. The predicted molar refractivity (Wildman–Crippen MR) is 109 cm³/mol. The van der Waals surface area contributed by atoms with E-state index in [0.717, 1.165) is 33.8 Å². The molecule has 2 atom stereocenters. The summed E-state index contributed by atoms with van der Waals surface area (Å²) in [7, 11) is 0. The lowest BCUT2D eigenvalue weighted by Gasteiger charge is -2.16. The molecule has 152 valence electrons. The average molecular weight is 404 g/mol. The molecule has 1 unspecified atom stereocenters. The summed E-state index contributed by atoms with van der Waals surface area (Å²) in [6.07, 6.45) is 1.77. The van der Waals surface area contributed by atoms with Gasteiger partial charge in [-0.25, -0.2) is 4.79 Å². The molecule has 30 heavy (non-hydrogen) atoms. The third-order valence-corrected chi connectivity index (χ3v) is 5.52. The Morgan fingerprint density at radius 1 is 1.20 bits per heavy atom. The molecule has 2 aliphatic heterocycles. The number of nitrogens with zero attached hydrogens (tertiary/aromatic N) is 3. The van der Waals surface area contributed by atoms with Crippen LogP contribution in [0.4, 0.5) is 10.5 Å². The van der Waals surface area contributed by atoms with E-state index in [2.05, 4.69) is 21.5 Å². The van der Waals surface area contributed by atoms with Crippen LogP contribution in [0.1, 0.15) is 18.2 Å². The number of nitrogens with one attached hydrogen (secondary N) is 1. The van der Waals surface area contributed by atoms with Crippen LogP contribution in [0, 0.1) is 6.92 Å². The van der Waals surface area contributed by atoms with Crippen molar-refractivity contribution < 1.29 is 18.8 Å². The highest BCUT2D eigenvalue weighted by Crippen LogP contribution is 2.40. The summed E-state index contributed by atoms with van der Waals surface area (Å²) in [6.45, 7) is 3.61. The topological polar surface area (TPSA) is 97.6 Å². The average Bonchev–Trinajstić information content (AvgIpc) is 3.41. The van der Waals surface area contributed by atoms with E-state index in [9.17, 15) is 9.59 Å². The number of hydrogen-bond acceptors (Lipinski definition) is 6. The van der Waals surface area contributed by atoms with Gasteiger partial charge in [-0.05, 0) is 42.7 Å². The largest absolute Gasteiger partial charge is 0.442 e. The normalized spacial score (nSPS) is 19.4. The first-order valence-corrected chi connectivity index (χ1v) is 9.77. The molecule has 0 radical (unpaired) electrons. The van der Waals surface area contributed by atoms with Gasteiger partial charge in [-0.3, -0.25) is 14.7 Å². The van der Waals surface area contributed by atoms with Crippen molar-refractivity contribution in [2.75, 3.05) is 11.4 Å². The summed E-state index contributed by atoms with van der Waals surface area (Å²) in [5.74, 6) is 0.601. The van der Waals surface area contributed by atoms with E-state index in [0.29, 0.717) is 18.7 Å². The summed E-state index contributed by atoms with van der Waals surface area (Å²) in [6, 6.07) is 11.7. The standard InChI is InChI=1S/C22H20N4O4/c1-12-7-18(25-30-12)17-5-3-15(10-24-17)14-4-6-19-16(8-14)9-20-21(11-23-13(2)27)29-22(28)26(19)20/h3-8,10,20-21H,9,11H2,1-2H3,(H,23,27)/t20?,21-/m0/s1. The highest BCUT2D eigenvalue weighted by atomic mass is 16.6. The number of ether oxygens (including phenoxy) is 1. The zero-order chi connectivity index (χ0) is 20.8. The lowest BCUT2D eigenvalue weighted by atomic mass is 10.0. The van der Waals surface area contributed by atoms with E-state index in [-0.39, 0.29) is 24.1 Å². The van der Waals surface area contributed by atoms with Crippen LogP contribution in [0.5, 0.6) is 0 Å². The van der Waals surface area contributed by atoms with Crippen LogP contribution in [-0.4, -0.2) is 40.8 Å². The molecule has 8 nitrogen and oxygen atoms in total. The Morgan fingerprint density at radius 2 is 2.03 bits per heavy atom. The van der Waals surface area contributed by atoms with Gasteiger partial charge in [0.15, 0.2) is 0 Å². The predicted octanol–water partition coefficient (Wildman–Crippen LogP) is 3.10. The van der Waals surface area contributed by atoms with Gasteiger partial charge >= 0.3 is 6.09 Å². The summed E-state index contributed by atoms with van der Waals surface area (Å²) in [4.78, 5) is 29.8. The van der Waals surface area contributed by atoms with Gasteiger partial charge < -0.3 is 14.6 Å². The number of rotatable bonds is 4.